The molecule has 3 rings (SSSR count). The molecule has 2 atom stereocenters. The zero-order chi connectivity index (χ0) is 32.4. The summed E-state index contributed by atoms with van der Waals surface area (Å²) in [6.45, 7) is 12.6. The number of fused-ring (bicyclic) bond motifs is 2. The number of alkyl carbamates (subject to hydrolysis) is 2. The van der Waals surface area contributed by atoms with Crippen LogP contribution in [0.5, 0.6) is 11.5 Å². The maximum atomic E-state index is 12.3. The zero-order valence-electron chi connectivity index (χ0n) is 27.4. The molecular weight excluding hydrogens is 576 g/mol. The van der Waals surface area contributed by atoms with Crippen LogP contribution in [0.1, 0.15) is 58.9 Å². The fourth-order valence-electron chi connectivity index (χ4n) is 4.71. The van der Waals surface area contributed by atoms with Crippen molar-refractivity contribution in [1.29, 1.82) is 0 Å². The van der Waals surface area contributed by atoms with Crippen LogP contribution >= 0.6 is 0 Å². The average molecular weight is 627 g/mol. The highest BCUT2D eigenvalue weighted by molar-refractivity contribution is 6.11. The number of unbranched alkanes of at least 4 members (excludes halogenated alkanes) is 2. The van der Waals surface area contributed by atoms with Crippen LogP contribution in [0, 0.1) is 6.92 Å². The first kappa shape index (κ1) is 35.7. The van der Waals surface area contributed by atoms with Crippen molar-refractivity contribution in [3.05, 3.63) is 48.0 Å². The molecule has 0 bridgehead atoms. The molecule has 2 N–H and O–H groups in total. The van der Waals surface area contributed by atoms with E-state index in [9.17, 15) is 9.59 Å². The van der Waals surface area contributed by atoms with Gasteiger partial charge in [0.1, 0.15) is 24.7 Å². The Labute approximate surface area is 267 Å². The van der Waals surface area contributed by atoms with E-state index in [1.54, 1.807) is 0 Å². The number of carbonyl (C=O) groups excluding carboxylic acids is 2. The van der Waals surface area contributed by atoms with Gasteiger partial charge in [0.25, 0.3) is 0 Å². The van der Waals surface area contributed by atoms with Crippen molar-refractivity contribution in [3.8, 4) is 11.5 Å². The van der Waals surface area contributed by atoms with Crippen LogP contribution in [-0.2, 0) is 18.9 Å². The van der Waals surface area contributed by atoms with E-state index in [-0.39, 0.29) is 26.4 Å². The highest BCUT2D eigenvalue weighted by atomic mass is 16.6. The van der Waals surface area contributed by atoms with Crippen LogP contribution in [0.4, 0.5) is 9.59 Å². The number of ether oxygens (including phenoxy) is 6. The first-order valence-corrected chi connectivity index (χ1v) is 16.2. The Hall–Kier alpha value is -3.76. The largest absolute Gasteiger partial charge is 0.488 e. The molecule has 0 heterocycles. The smallest absolute Gasteiger partial charge is 0.407 e. The van der Waals surface area contributed by atoms with Gasteiger partial charge in [0.05, 0.1) is 13.2 Å². The Morgan fingerprint density at radius 1 is 0.644 bits per heavy atom. The van der Waals surface area contributed by atoms with E-state index in [0.29, 0.717) is 37.8 Å². The summed E-state index contributed by atoms with van der Waals surface area (Å²) in [5.74, 6) is 1.32. The van der Waals surface area contributed by atoms with Gasteiger partial charge in [-0.2, -0.15) is 0 Å². The van der Waals surface area contributed by atoms with Gasteiger partial charge in [-0.05, 0) is 39.7 Å². The Balaban J connectivity index is 1.93. The molecule has 2 unspecified atom stereocenters. The van der Waals surface area contributed by atoms with E-state index in [1.807, 2.05) is 57.2 Å². The summed E-state index contributed by atoms with van der Waals surface area (Å²) < 4.78 is 35.8. The minimum Gasteiger partial charge on any atom is -0.488 e. The third-order valence-electron chi connectivity index (χ3n) is 6.99. The zero-order valence-corrected chi connectivity index (χ0v) is 27.4. The normalized spacial score (nSPS) is 12.5. The van der Waals surface area contributed by atoms with Crippen molar-refractivity contribution in [3.63, 3.8) is 0 Å². The summed E-state index contributed by atoms with van der Waals surface area (Å²) in [4.78, 5) is 24.6. The second kappa shape index (κ2) is 19.6. The van der Waals surface area contributed by atoms with Crippen molar-refractivity contribution in [2.75, 3.05) is 52.7 Å². The Morgan fingerprint density at radius 2 is 1.11 bits per heavy atom. The first-order chi connectivity index (χ1) is 21.9. The molecule has 0 aliphatic carbocycles. The van der Waals surface area contributed by atoms with Crippen molar-refractivity contribution in [2.24, 2.45) is 0 Å². The fraction of sp³-hybridized carbons (Fsp3) is 0.543. The molecule has 0 fully saturated rings. The summed E-state index contributed by atoms with van der Waals surface area (Å²) in [5.41, 5.74) is 1.05. The van der Waals surface area contributed by atoms with Crippen LogP contribution in [0.3, 0.4) is 0 Å². The maximum Gasteiger partial charge on any atom is 0.407 e. The third kappa shape index (κ3) is 11.3. The minimum atomic E-state index is -0.608. The second-order valence-corrected chi connectivity index (χ2v) is 10.8. The van der Waals surface area contributed by atoms with E-state index in [0.717, 1.165) is 52.8 Å². The average Bonchev–Trinajstić information content (AvgIpc) is 3.02. The highest BCUT2D eigenvalue weighted by Gasteiger charge is 2.22. The van der Waals surface area contributed by atoms with Gasteiger partial charge >= 0.3 is 12.2 Å². The van der Waals surface area contributed by atoms with Crippen molar-refractivity contribution in [2.45, 2.75) is 72.5 Å². The molecule has 10 heteroatoms. The molecule has 3 aromatic rings. The molecule has 0 saturated heterocycles. The van der Waals surface area contributed by atoms with Gasteiger partial charge in [0, 0.05) is 47.8 Å². The molecule has 0 spiro atoms. The summed E-state index contributed by atoms with van der Waals surface area (Å²) in [5, 5.41) is 8.74. The van der Waals surface area contributed by atoms with Crippen LogP contribution in [-0.4, -0.2) is 77.1 Å². The third-order valence-corrected chi connectivity index (χ3v) is 6.99. The number of nitrogens with one attached hydrogen (secondary N) is 2. The number of amides is 2. The highest BCUT2D eigenvalue weighted by Crippen LogP contribution is 2.43. The molecular formula is C35H50N2O8. The molecule has 45 heavy (non-hydrogen) atoms. The molecule has 0 aliphatic rings. The number of rotatable bonds is 20. The fourth-order valence-corrected chi connectivity index (χ4v) is 4.71. The van der Waals surface area contributed by atoms with E-state index >= 15 is 0 Å². The summed E-state index contributed by atoms with van der Waals surface area (Å²) in [6, 6.07) is 13.9. The lowest BCUT2D eigenvalue weighted by molar-refractivity contribution is -0.00208. The van der Waals surface area contributed by atoms with Crippen LogP contribution < -0.4 is 20.1 Å². The lowest BCUT2D eigenvalue weighted by Gasteiger charge is -2.23. The Kier molecular flexibility index (Phi) is 15.5. The summed E-state index contributed by atoms with van der Waals surface area (Å²) in [7, 11) is 0. The molecule has 0 radical (unpaired) electrons. The Bertz CT molecular complexity index is 1350. The van der Waals surface area contributed by atoms with E-state index in [1.165, 1.54) is 0 Å². The van der Waals surface area contributed by atoms with Crippen molar-refractivity contribution < 1.29 is 38.0 Å². The number of hydrogen-bond donors (Lipinski definition) is 2. The number of aryl methyl sites for hydroxylation is 1. The molecule has 0 aliphatic heterocycles. The van der Waals surface area contributed by atoms with E-state index in [2.05, 4.69) is 30.5 Å². The molecule has 10 nitrogen and oxygen atoms in total. The summed E-state index contributed by atoms with van der Waals surface area (Å²) in [6.07, 6.45) is 1.62. The van der Waals surface area contributed by atoms with Crippen LogP contribution in [0.25, 0.3) is 21.5 Å². The maximum absolute atomic E-state index is 12.3. The first-order valence-electron chi connectivity index (χ1n) is 16.2. The standard InChI is InChI=1S/C35H50N2O8/c1-6-10-18-40-21-26(44-34(38)36-8-3)23-42-32-28-14-12-13-15-29(28)33(31-20-25(5)16-17-30(31)32)43-24-27(22-41-19-11-7-2)45-35(39)37-9-4/h12-17,20,26-27H,6-11,18-19,21-24H2,1-5H3,(H,36,38)(H,37,39). The van der Waals surface area contributed by atoms with Crippen LogP contribution in [0.2, 0.25) is 0 Å². The van der Waals surface area contributed by atoms with Gasteiger partial charge in [-0.15, -0.1) is 0 Å². The van der Waals surface area contributed by atoms with Gasteiger partial charge in [-0.25, -0.2) is 9.59 Å². The monoisotopic (exact) mass is 626 g/mol. The van der Waals surface area contributed by atoms with E-state index < -0.39 is 24.4 Å². The number of benzene rings is 3. The quantitative estimate of drug-likeness (QED) is 0.103. The van der Waals surface area contributed by atoms with Crippen molar-refractivity contribution >= 4 is 33.7 Å². The van der Waals surface area contributed by atoms with Gasteiger partial charge in [0.15, 0.2) is 12.2 Å². The van der Waals surface area contributed by atoms with Gasteiger partial charge in [-0.3, -0.25) is 0 Å². The van der Waals surface area contributed by atoms with Gasteiger partial charge in [-0.1, -0.05) is 68.7 Å². The number of carbonyl (C=O) groups is 2. The molecule has 248 valence electrons. The molecule has 0 saturated carbocycles. The number of hydrogen-bond acceptors (Lipinski definition) is 8. The Morgan fingerprint density at radius 3 is 1.58 bits per heavy atom. The lowest BCUT2D eigenvalue weighted by Crippen LogP contribution is -2.35. The molecule has 3 aromatic carbocycles. The van der Waals surface area contributed by atoms with Crippen LogP contribution in [0.15, 0.2) is 42.5 Å². The SMILES string of the molecule is CCCCOCC(COc1c2ccccc2c(OCC(COCCCC)OC(=O)NCC)c2cc(C)ccc12)OC(=O)NCC. The lowest BCUT2D eigenvalue weighted by atomic mass is 9.99. The van der Waals surface area contributed by atoms with Gasteiger partial charge < -0.3 is 39.1 Å². The molecule has 2 amide bonds. The van der Waals surface area contributed by atoms with E-state index in [4.69, 9.17) is 28.4 Å². The topological polar surface area (TPSA) is 114 Å². The predicted molar refractivity (Wildman–Crippen MR) is 177 cm³/mol. The second-order valence-electron chi connectivity index (χ2n) is 10.8. The molecule has 0 aromatic heterocycles. The van der Waals surface area contributed by atoms with Crippen molar-refractivity contribution in [1.82, 2.24) is 10.6 Å². The minimum absolute atomic E-state index is 0.105. The summed E-state index contributed by atoms with van der Waals surface area (Å²) >= 11 is 0. The van der Waals surface area contributed by atoms with Gasteiger partial charge in [0.2, 0.25) is 0 Å². The predicted octanol–water partition coefficient (Wildman–Crippen LogP) is 6.92.